The Bertz CT molecular complexity index is 544. The van der Waals surface area contributed by atoms with Gasteiger partial charge in [-0.25, -0.2) is 0 Å². The Balaban J connectivity index is 2.28. The highest BCUT2D eigenvalue weighted by molar-refractivity contribution is 5.43. The molecule has 0 aromatic heterocycles. The summed E-state index contributed by atoms with van der Waals surface area (Å²) in [6.07, 6.45) is 13.0. The monoisotopic (exact) mass is 364 g/mol. The first-order valence-corrected chi connectivity index (χ1v) is 10.1. The maximum Gasteiger partial charge on any atom is 0.278 e. The van der Waals surface area contributed by atoms with Gasteiger partial charge in [0.25, 0.3) is 5.69 Å². The van der Waals surface area contributed by atoms with Crippen LogP contribution in [0.2, 0.25) is 0 Å². The minimum absolute atomic E-state index is 0.0545. The Morgan fingerprint density at radius 3 is 2.00 bits per heavy atom. The number of unbranched alkanes of at least 4 members (excludes halogenated alkanes) is 9. The van der Waals surface area contributed by atoms with Gasteiger partial charge in [-0.05, 0) is 12.8 Å². The molecule has 0 heterocycles. The van der Waals surface area contributed by atoms with Gasteiger partial charge in [-0.2, -0.15) is 0 Å². The molecule has 1 rings (SSSR count). The van der Waals surface area contributed by atoms with Crippen molar-refractivity contribution >= 4 is 5.69 Å². The van der Waals surface area contributed by atoms with E-state index in [4.69, 9.17) is 0 Å². The standard InChI is InChI=1S/C21H36N2O3/c1-4-5-6-7-8-9-10-11-12-13-16-23(2,3)18-19-17-20(24)14-15-21(19)22(25)26/h14-15,17H,4-13,16,18H2,1-3H3. The Morgan fingerprint density at radius 1 is 0.923 bits per heavy atom. The van der Waals surface area contributed by atoms with Crippen LogP contribution < -0.4 is 5.11 Å². The van der Waals surface area contributed by atoms with E-state index in [1.807, 2.05) is 0 Å². The zero-order valence-electron chi connectivity index (χ0n) is 16.8. The predicted molar refractivity (Wildman–Crippen MR) is 105 cm³/mol. The predicted octanol–water partition coefficient (Wildman–Crippen LogP) is 5.17. The van der Waals surface area contributed by atoms with Gasteiger partial charge in [0, 0.05) is 6.07 Å². The third kappa shape index (κ3) is 9.18. The summed E-state index contributed by atoms with van der Waals surface area (Å²) in [5.74, 6) is -0.162. The molecule has 26 heavy (non-hydrogen) atoms. The topological polar surface area (TPSA) is 66.2 Å². The molecule has 0 unspecified atom stereocenters. The van der Waals surface area contributed by atoms with Crippen LogP contribution in [-0.2, 0) is 6.54 Å². The van der Waals surface area contributed by atoms with Crippen molar-refractivity contribution in [1.29, 1.82) is 0 Å². The first-order valence-electron chi connectivity index (χ1n) is 10.1. The third-order valence-electron chi connectivity index (χ3n) is 4.96. The molecule has 0 radical (unpaired) electrons. The maximum atomic E-state index is 11.6. The van der Waals surface area contributed by atoms with Crippen LogP contribution in [0.3, 0.4) is 0 Å². The molecule has 0 aliphatic carbocycles. The molecule has 1 aromatic carbocycles. The lowest BCUT2D eigenvalue weighted by Gasteiger charge is -2.30. The quantitative estimate of drug-likeness (QED) is 0.198. The number of benzene rings is 1. The smallest absolute Gasteiger partial charge is 0.278 e. The molecule has 0 bridgehead atoms. The van der Waals surface area contributed by atoms with Crippen molar-refractivity contribution in [1.82, 2.24) is 0 Å². The first kappa shape index (κ1) is 22.4. The van der Waals surface area contributed by atoms with Gasteiger partial charge in [0.1, 0.15) is 6.54 Å². The van der Waals surface area contributed by atoms with Crippen LogP contribution in [0.4, 0.5) is 5.69 Å². The van der Waals surface area contributed by atoms with Gasteiger partial charge in [0.05, 0.1) is 31.1 Å². The highest BCUT2D eigenvalue weighted by Gasteiger charge is 2.22. The van der Waals surface area contributed by atoms with Crippen LogP contribution in [0, 0.1) is 10.1 Å². The summed E-state index contributed by atoms with van der Waals surface area (Å²) >= 11 is 0. The normalized spacial score (nSPS) is 11.7. The summed E-state index contributed by atoms with van der Waals surface area (Å²) in [7, 11) is 4.16. The van der Waals surface area contributed by atoms with E-state index in [-0.39, 0.29) is 11.4 Å². The lowest BCUT2D eigenvalue weighted by Crippen LogP contribution is -2.39. The summed E-state index contributed by atoms with van der Waals surface area (Å²) in [5.41, 5.74) is 0.596. The molecule has 0 saturated carbocycles. The third-order valence-corrected chi connectivity index (χ3v) is 4.96. The van der Waals surface area contributed by atoms with Crippen molar-refractivity contribution in [3.63, 3.8) is 0 Å². The molecule has 148 valence electrons. The fraction of sp³-hybridized carbons (Fsp3) is 0.714. The average Bonchev–Trinajstić information content (AvgIpc) is 2.56. The lowest BCUT2D eigenvalue weighted by atomic mass is 10.1. The number of hydrogen-bond acceptors (Lipinski definition) is 3. The van der Waals surface area contributed by atoms with Gasteiger partial charge >= 0.3 is 0 Å². The average molecular weight is 365 g/mol. The van der Waals surface area contributed by atoms with Crippen LogP contribution >= 0.6 is 0 Å². The Kier molecular flexibility index (Phi) is 10.3. The Morgan fingerprint density at radius 2 is 1.46 bits per heavy atom. The molecule has 0 amide bonds. The minimum atomic E-state index is -0.394. The van der Waals surface area contributed by atoms with Gasteiger partial charge < -0.3 is 9.59 Å². The first-order chi connectivity index (χ1) is 12.4. The SMILES string of the molecule is CCCCCCCCCCCC[N+](C)(C)Cc1cc([O-])ccc1[N+](=O)[O-]. The highest BCUT2D eigenvalue weighted by Crippen LogP contribution is 2.25. The van der Waals surface area contributed by atoms with E-state index in [1.165, 1.54) is 76.0 Å². The molecule has 1 aromatic rings. The van der Waals surface area contributed by atoms with Crippen molar-refractivity contribution < 1.29 is 14.5 Å². The van der Waals surface area contributed by atoms with Gasteiger partial charge in [-0.15, -0.1) is 5.75 Å². The second-order valence-electron chi connectivity index (χ2n) is 8.05. The lowest BCUT2D eigenvalue weighted by molar-refractivity contribution is -0.904. The van der Waals surface area contributed by atoms with Crippen molar-refractivity contribution in [3.05, 3.63) is 33.9 Å². The molecule has 0 saturated heterocycles. The van der Waals surface area contributed by atoms with E-state index in [1.54, 1.807) is 0 Å². The van der Waals surface area contributed by atoms with Crippen LogP contribution in [0.15, 0.2) is 18.2 Å². The fourth-order valence-corrected chi connectivity index (χ4v) is 3.43. The molecule has 0 aliphatic rings. The van der Waals surface area contributed by atoms with Gasteiger partial charge in [-0.3, -0.25) is 10.1 Å². The number of rotatable bonds is 14. The zero-order chi connectivity index (χ0) is 19.4. The van der Waals surface area contributed by atoms with E-state index in [2.05, 4.69) is 21.0 Å². The largest absolute Gasteiger partial charge is 0.872 e. The van der Waals surface area contributed by atoms with Gasteiger partial charge in [0.15, 0.2) is 0 Å². The number of nitrogens with zero attached hydrogens (tertiary/aromatic N) is 2. The molecular weight excluding hydrogens is 328 g/mol. The van der Waals surface area contributed by atoms with Crippen molar-refractivity contribution in [2.45, 2.75) is 77.7 Å². The number of nitro benzene ring substituents is 1. The Hall–Kier alpha value is -1.62. The fourth-order valence-electron chi connectivity index (χ4n) is 3.43. The second kappa shape index (κ2) is 11.9. The highest BCUT2D eigenvalue weighted by atomic mass is 16.6. The number of quaternary nitrogens is 1. The van der Waals surface area contributed by atoms with Crippen molar-refractivity contribution in [2.24, 2.45) is 0 Å². The van der Waals surface area contributed by atoms with Crippen molar-refractivity contribution in [3.8, 4) is 5.75 Å². The van der Waals surface area contributed by atoms with Crippen molar-refractivity contribution in [2.75, 3.05) is 20.6 Å². The molecule has 0 spiro atoms. The van der Waals surface area contributed by atoms with Gasteiger partial charge in [0.2, 0.25) is 0 Å². The molecule has 0 aliphatic heterocycles. The molecular formula is C21H36N2O3. The molecule has 5 heteroatoms. The molecule has 5 nitrogen and oxygen atoms in total. The second-order valence-corrected chi connectivity index (χ2v) is 8.05. The summed E-state index contributed by atoms with van der Waals surface area (Å²) in [4.78, 5) is 10.8. The zero-order valence-corrected chi connectivity index (χ0v) is 16.8. The summed E-state index contributed by atoms with van der Waals surface area (Å²) in [5, 5.41) is 22.7. The summed E-state index contributed by atoms with van der Waals surface area (Å²) < 4.78 is 0.668. The van der Waals surface area contributed by atoms with Crippen LogP contribution in [-0.4, -0.2) is 30.0 Å². The van der Waals surface area contributed by atoms with E-state index in [0.29, 0.717) is 16.6 Å². The number of hydrogen-bond donors (Lipinski definition) is 0. The van der Waals surface area contributed by atoms with E-state index in [0.717, 1.165) is 13.0 Å². The van der Waals surface area contributed by atoms with Gasteiger partial charge in [-0.1, -0.05) is 70.4 Å². The number of nitro groups is 1. The summed E-state index contributed by atoms with van der Waals surface area (Å²) in [6.45, 7) is 3.73. The minimum Gasteiger partial charge on any atom is -0.872 e. The van der Waals surface area contributed by atoms with Crippen LogP contribution in [0.5, 0.6) is 5.75 Å². The van der Waals surface area contributed by atoms with Crippen LogP contribution in [0.25, 0.3) is 0 Å². The van der Waals surface area contributed by atoms with E-state index >= 15 is 0 Å². The Labute approximate surface area is 158 Å². The van der Waals surface area contributed by atoms with E-state index < -0.39 is 4.92 Å². The van der Waals surface area contributed by atoms with E-state index in [9.17, 15) is 15.2 Å². The van der Waals surface area contributed by atoms with Crippen LogP contribution in [0.1, 0.15) is 76.7 Å². The molecule has 0 atom stereocenters. The molecule has 0 N–H and O–H groups in total. The molecule has 0 fully saturated rings. The summed E-state index contributed by atoms with van der Waals surface area (Å²) in [6, 6.07) is 4.01. The maximum absolute atomic E-state index is 11.6.